The maximum atomic E-state index is 13.8. The first-order valence-corrected chi connectivity index (χ1v) is 15.0. The van der Waals surface area contributed by atoms with Crippen LogP contribution in [0.15, 0.2) is 54.7 Å². The number of amides is 2. The van der Waals surface area contributed by atoms with Crippen LogP contribution >= 0.6 is 0 Å². The molecule has 12 heteroatoms. The molecule has 1 saturated carbocycles. The Balaban J connectivity index is 1.38. The lowest BCUT2D eigenvalue weighted by molar-refractivity contribution is -0.137. The van der Waals surface area contributed by atoms with Crippen molar-refractivity contribution in [2.75, 3.05) is 20.3 Å². The van der Waals surface area contributed by atoms with Crippen molar-refractivity contribution in [1.82, 2.24) is 15.3 Å². The molecule has 1 aliphatic heterocycles. The molecule has 2 atom stereocenters. The smallest absolute Gasteiger partial charge is 0.417 e. The average molecular weight is 637 g/mol. The third kappa shape index (κ3) is 5.72. The van der Waals surface area contributed by atoms with E-state index in [4.69, 9.17) is 20.2 Å². The summed E-state index contributed by atoms with van der Waals surface area (Å²) in [6.07, 6.45) is -0.0803. The number of nitrogens with zero attached hydrogens (tertiary/aromatic N) is 2. The first kappa shape index (κ1) is 31.3. The van der Waals surface area contributed by atoms with Gasteiger partial charge >= 0.3 is 6.18 Å². The highest BCUT2D eigenvalue weighted by atomic mass is 19.4. The van der Waals surface area contributed by atoms with E-state index in [0.29, 0.717) is 28.3 Å². The summed E-state index contributed by atoms with van der Waals surface area (Å²) in [4.78, 5) is 35.1. The number of nitrogens with one attached hydrogen (secondary N) is 1. The van der Waals surface area contributed by atoms with Gasteiger partial charge in [0.2, 0.25) is 5.91 Å². The quantitative estimate of drug-likeness (QED) is 0.219. The van der Waals surface area contributed by atoms with Crippen LogP contribution in [-0.2, 0) is 16.4 Å². The van der Waals surface area contributed by atoms with Crippen molar-refractivity contribution in [3.63, 3.8) is 0 Å². The van der Waals surface area contributed by atoms with Crippen molar-refractivity contribution < 1.29 is 36.6 Å². The Kier molecular flexibility index (Phi) is 8.07. The van der Waals surface area contributed by atoms with Crippen molar-refractivity contribution >= 4 is 22.7 Å². The number of benzene rings is 2. The van der Waals surface area contributed by atoms with Crippen molar-refractivity contribution in [3.05, 3.63) is 82.9 Å². The number of methoxy groups -OCH3 is 1. The van der Waals surface area contributed by atoms with Gasteiger partial charge in [-0.05, 0) is 74.2 Å². The van der Waals surface area contributed by atoms with Crippen LogP contribution < -0.4 is 20.5 Å². The highest BCUT2D eigenvalue weighted by molar-refractivity contribution is 6.00. The number of pyridine rings is 2. The van der Waals surface area contributed by atoms with Crippen LogP contribution in [0.25, 0.3) is 22.2 Å². The van der Waals surface area contributed by atoms with Gasteiger partial charge in [-0.15, -0.1) is 0 Å². The van der Waals surface area contributed by atoms with Gasteiger partial charge in [-0.1, -0.05) is 12.8 Å². The second-order valence-electron chi connectivity index (χ2n) is 12.1. The topological polar surface area (TPSA) is 116 Å². The molecule has 0 bridgehead atoms. The second kappa shape index (κ2) is 11.9. The number of rotatable bonds is 8. The van der Waals surface area contributed by atoms with Crippen molar-refractivity contribution in [2.45, 2.75) is 50.1 Å². The number of carbonyl (C=O) groups is 2. The van der Waals surface area contributed by atoms with Gasteiger partial charge < -0.3 is 20.5 Å². The normalized spacial score (nSPS) is 18.7. The molecule has 4 aromatic rings. The van der Waals surface area contributed by atoms with Crippen LogP contribution in [0.2, 0.25) is 0 Å². The lowest BCUT2D eigenvalue weighted by Crippen LogP contribution is -2.40. The van der Waals surface area contributed by atoms with Gasteiger partial charge in [0.25, 0.3) is 5.91 Å². The zero-order chi connectivity index (χ0) is 32.8. The number of alkyl halides is 3. The van der Waals surface area contributed by atoms with Crippen molar-refractivity contribution in [1.29, 1.82) is 0 Å². The minimum absolute atomic E-state index is 0.0243. The zero-order valence-corrected chi connectivity index (χ0v) is 25.2. The number of carbonyl (C=O) groups excluding carboxylic acids is 2. The van der Waals surface area contributed by atoms with Gasteiger partial charge in [-0.25, -0.2) is 9.37 Å². The molecule has 46 heavy (non-hydrogen) atoms. The minimum Gasteiger partial charge on any atom is -0.494 e. The molecule has 0 saturated heterocycles. The van der Waals surface area contributed by atoms with E-state index in [2.05, 4.69) is 10.3 Å². The van der Waals surface area contributed by atoms with Crippen LogP contribution in [0.1, 0.15) is 65.7 Å². The predicted molar refractivity (Wildman–Crippen MR) is 162 cm³/mol. The summed E-state index contributed by atoms with van der Waals surface area (Å²) >= 11 is 0. The second-order valence-corrected chi connectivity index (χ2v) is 12.1. The molecule has 1 fully saturated rings. The molecular formula is C34H32F4N4O4. The Morgan fingerprint density at radius 1 is 1.13 bits per heavy atom. The van der Waals surface area contributed by atoms with Crippen molar-refractivity contribution in [2.24, 2.45) is 11.7 Å². The van der Waals surface area contributed by atoms with Crippen LogP contribution in [0.5, 0.6) is 11.5 Å². The van der Waals surface area contributed by atoms with E-state index in [1.165, 1.54) is 31.4 Å². The monoisotopic (exact) mass is 636 g/mol. The number of hydrogen-bond acceptors (Lipinski definition) is 6. The zero-order valence-electron chi connectivity index (χ0n) is 25.2. The molecule has 2 aliphatic rings. The molecular weight excluding hydrogens is 604 g/mol. The highest BCUT2D eigenvalue weighted by Crippen LogP contribution is 2.47. The van der Waals surface area contributed by atoms with E-state index in [1.807, 2.05) is 6.07 Å². The van der Waals surface area contributed by atoms with E-state index in [0.717, 1.165) is 37.9 Å². The molecule has 1 aliphatic carbocycles. The third-order valence-electron chi connectivity index (χ3n) is 9.14. The summed E-state index contributed by atoms with van der Waals surface area (Å²) in [5.41, 5.74) is 6.32. The minimum atomic E-state index is -4.60. The highest BCUT2D eigenvalue weighted by Gasteiger charge is 2.44. The van der Waals surface area contributed by atoms with E-state index in [1.54, 1.807) is 19.1 Å². The van der Waals surface area contributed by atoms with E-state index >= 15 is 0 Å². The van der Waals surface area contributed by atoms with Crippen molar-refractivity contribution in [3.8, 4) is 22.8 Å². The lowest BCUT2D eigenvalue weighted by atomic mass is 9.80. The largest absolute Gasteiger partial charge is 0.494 e. The molecule has 8 nitrogen and oxygen atoms in total. The number of halogens is 4. The summed E-state index contributed by atoms with van der Waals surface area (Å²) < 4.78 is 65.4. The van der Waals surface area contributed by atoms with Gasteiger partial charge in [0.05, 0.1) is 12.7 Å². The maximum Gasteiger partial charge on any atom is 0.417 e. The summed E-state index contributed by atoms with van der Waals surface area (Å²) in [6, 6.07) is 11.4. The molecule has 0 unspecified atom stereocenters. The van der Waals surface area contributed by atoms with Crippen LogP contribution in [-0.4, -0.2) is 42.0 Å². The summed E-state index contributed by atoms with van der Waals surface area (Å²) in [6.45, 7) is 1.89. The first-order chi connectivity index (χ1) is 21.9. The van der Waals surface area contributed by atoms with Gasteiger partial charge in [-0.3, -0.25) is 14.6 Å². The first-order valence-electron chi connectivity index (χ1n) is 15.0. The molecule has 3 N–H and O–H groups in total. The molecule has 3 heterocycles. The number of aromatic nitrogens is 2. The molecule has 6 rings (SSSR count). The summed E-state index contributed by atoms with van der Waals surface area (Å²) in [7, 11) is 1.35. The van der Waals surface area contributed by atoms with Crippen LogP contribution in [0.4, 0.5) is 17.6 Å². The third-order valence-corrected chi connectivity index (χ3v) is 9.14. The summed E-state index contributed by atoms with van der Waals surface area (Å²) in [5, 5.41) is 3.08. The average Bonchev–Trinajstić information content (AvgIpc) is 3.69. The SMILES string of the molecule is COc1cc(C(=O)NC[C@H](c2cc3c(c(-c4ccc(F)cc4)n2)OC[C@]3(C)C(N)=O)C2CCCC2)cc2cc(C(F)(F)F)cnc12. The summed E-state index contributed by atoms with van der Waals surface area (Å²) in [5.74, 6) is -1.05. The van der Waals surface area contributed by atoms with E-state index in [9.17, 15) is 27.2 Å². The van der Waals surface area contributed by atoms with Crippen LogP contribution in [0, 0.1) is 11.7 Å². The predicted octanol–water partition coefficient (Wildman–Crippen LogP) is 6.30. The fourth-order valence-electron chi connectivity index (χ4n) is 6.44. The Hall–Kier alpha value is -4.74. The molecule has 240 valence electrons. The number of fused-ring (bicyclic) bond motifs is 2. The van der Waals surface area contributed by atoms with E-state index < -0.39 is 34.8 Å². The Morgan fingerprint density at radius 3 is 2.50 bits per heavy atom. The molecule has 0 spiro atoms. The molecule has 2 amide bonds. The number of nitrogens with two attached hydrogens (primary N) is 1. The molecule has 2 aromatic heterocycles. The fourth-order valence-corrected chi connectivity index (χ4v) is 6.44. The Morgan fingerprint density at radius 2 is 1.85 bits per heavy atom. The standard InChI is InChI=1S/C34H32F4N4O4/c1-33(32(39)44)17-46-30-25(33)14-26(42-29(30)19-7-9-23(35)10-8-19)24(18-5-3-4-6-18)16-41-31(43)21-11-20-12-22(34(36,37)38)15-40-28(20)27(13-21)45-2/h7-15,18,24H,3-6,16-17H2,1-2H3,(H2,39,44)(H,41,43)/t24-,33-/m0/s1. The van der Waals surface area contributed by atoms with Crippen LogP contribution in [0.3, 0.4) is 0 Å². The fraction of sp³-hybridized carbons (Fsp3) is 0.353. The maximum absolute atomic E-state index is 13.8. The van der Waals surface area contributed by atoms with Gasteiger partial charge in [0, 0.05) is 46.4 Å². The molecule has 0 radical (unpaired) electrons. The lowest BCUT2D eigenvalue weighted by Gasteiger charge is -2.26. The van der Waals surface area contributed by atoms with E-state index in [-0.39, 0.29) is 47.2 Å². The number of primary amides is 1. The van der Waals surface area contributed by atoms with Gasteiger partial charge in [0.15, 0.2) is 0 Å². The Labute approximate surface area is 262 Å². The molecule has 2 aromatic carbocycles. The number of ether oxygens (including phenoxy) is 2. The number of hydrogen-bond donors (Lipinski definition) is 2. The van der Waals surface area contributed by atoms with Gasteiger partial charge in [-0.2, -0.15) is 13.2 Å². The Bertz CT molecular complexity index is 1820. The van der Waals surface area contributed by atoms with Gasteiger partial charge in [0.1, 0.15) is 40.5 Å².